The largest absolute Gasteiger partial charge is 0.487 e. The fourth-order valence-electron chi connectivity index (χ4n) is 2.58. The molecule has 0 aromatic heterocycles. The van der Waals surface area contributed by atoms with Crippen LogP contribution in [-0.4, -0.2) is 127 Å². The minimum atomic E-state index is -0.0874. The van der Waals surface area contributed by atoms with E-state index in [1.54, 1.807) is 25.9 Å². The first-order valence-electron chi connectivity index (χ1n) is 11.9. The first-order chi connectivity index (χ1) is 17.0. The number of carbonyl (C=O) groups is 1. The van der Waals surface area contributed by atoms with Crippen LogP contribution in [0.3, 0.4) is 0 Å². The van der Waals surface area contributed by atoms with Gasteiger partial charge in [0.25, 0.3) is 0 Å². The fourth-order valence-corrected chi connectivity index (χ4v) is 2.74. The second-order valence-corrected chi connectivity index (χ2v) is 8.41. The van der Waals surface area contributed by atoms with E-state index in [0.29, 0.717) is 115 Å². The Morgan fingerprint density at radius 2 is 0.971 bits per heavy atom. The highest BCUT2D eigenvalue weighted by Crippen LogP contribution is 1.99. The van der Waals surface area contributed by atoms with E-state index in [-0.39, 0.29) is 12.5 Å². The van der Waals surface area contributed by atoms with E-state index < -0.39 is 0 Å². The lowest BCUT2D eigenvalue weighted by Gasteiger charge is -2.23. The van der Waals surface area contributed by atoms with Gasteiger partial charge in [0.15, 0.2) is 10.1 Å². The Morgan fingerprint density at radius 3 is 1.34 bits per heavy atom. The van der Waals surface area contributed by atoms with Gasteiger partial charge in [-0.1, -0.05) is 0 Å². The zero-order valence-electron chi connectivity index (χ0n) is 21.5. The van der Waals surface area contributed by atoms with Gasteiger partial charge in [-0.3, -0.25) is 4.79 Å². The second-order valence-electron chi connectivity index (χ2n) is 7.26. The lowest BCUT2D eigenvalue weighted by atomic mass is 10.3. The number of methoxy groups -OCH3 is 1. The van der Waals surface area contributed by atoms with Crippen LogP contribution in [0.2, 0.25) is 0 Å². The van der Waals surface area contributed by atoms with Crippen LogP contribution < -0.4 is 0 Å². The highest BCUT2D eigenvalue weighted by atomic mass is 32.1. The molecule has 206 valence electrons. The van der Waals surface area contributed by atoms with Gasteiger partial charge in [0.2, 0.25) is 5.91 Å². The van der Waals surface area contributed by atoms with E-state index in [1.165, 1.54) is 0 Å². The van der Waals surface area contributed by atoms with Crippen LogP contribution in [0.15, 0.2) is 0 Å². The van der Waals surface area contributed by atoms with Gasteiger partial charge < -0.3 is 42.8 Å². The van der Waals surface area contributed by atoms with Crippen molar-refractivity contribution in [3.63, 3.8) is 0 Å². The molecule has 0 bridgehead atoms. The van der Waals surface area contributed by atoms with E-state index in [0.717, 1.165) is 0 Å². The van der Waals surface area contributed by atoms with Crippen LogP contribution in [0.5, 0.6) is 0 Å². The molecule has 0 aliphatic heterocycles. The maximum Gasteiger partial charge on any atom is 0.248 e. The average molecular weight is 542 g/mol. The van der Waals surface area contributed by atoms with Gasteiger partial charge >= 0.3 is 0 Å². The third kappa shape index (κ3) is 25.9. The summed E-state index contributed by atoms with van der Waals surface area (Å²) in [5.41, 5.74) is 0. The zero-order valence-corrected chi connectivity index (χ0v) is 23.1. The summed E-state index contributed by atoms with van der Waals surface area (Å²) in [5, 5.41) is 0.989. The number of carbonyl (C=O) groups excluding carboxylic acids is 1. The Hall–Kier alpha value is -0.990. The Kier molecular flexibility index (Phi) is 25.3. The predicted octanol–water partition coefficient (Wildman–Crippen LogP) is 2.05. The molecule has 0 unspecified atom stereocenters. The Labute approximate surface area is 220 Å². The molecule has 0 aromatic rings. The molecular formula is C23H43NO9S2. The van der Waals surface area contributed by atoms with Crippen molar-refractivity contribution >= 4 is 40.4 Å². The number of thiocarbonyl (C=S) groups is 2. The third-order valence-electron chi connectivity index (χ3n) is 4.25. The molecule has 0 aliphatic carbocycles. The molecule has 1 amide bonds. The third-order valence-corrected chi connectivity index (χ3v) is 4.49. The Bertz CT molecular complexity index is 519. The summed E-state index contributed by atoms with van der Waals surface area (Å²) in [4.78, 5) is 14.3. The van der Waals surface area contributed by atoms with Crippen molar-refractivity contribution in [1.82, 2.24) is 4.90 Å². The highest BCUT2D eigenvalue weighted by Gasteiger charge is 2.13. The summed E-state index contributed by atoms with van der Waals surface area (Å²) < 4.78 is 42.5. The molecule has 0 fully saturated rings. The lowest BCUT2D eigenvalue weighted by molar-refractivity contribution is -0.137. The first kappa shape index (κ1) is 34.0. The zero-order chi connectivity index (χ0) is 26.0. The molecule has 0 aromatic carbocycles. The second kappa shape index (κ2) is 26.1. The van der Waals surface area contributed by atoms with Gasteiger partial charge in [-0.15, -0.1) is 0 Å². The highest BCUT2D eigenvalue weighted by molar-refractivity contribution is 7.80. The van der Waals surface area contributed by atoms with Crippen LogP contribution in [0, 0.1) is 0 Å². The summed E-state index contributed by atoms with van der Waals surface area (Å²) in [6.45, 7) is 10.3. The van der Waals surface area contributed by atoms with Crippen LogP contribution in [0.4, 0.5) is 0 Å². The van der Waals surface area contributed by atoms with Crippen molar-refractivity contribution in [3.8, 4) is 0 Å². The van der Waals surface area contributed by atoms with Gasteiger partial charge in [0.1, 0.15) is 6.61 Å². The minimum Gasteiger partial charge on any atom is -0.487 e. The SMILES string of the molecule is COCCOCCOCCOCCOCCOCC(=O)N(CCCOC(C)=S)CCCOC(C)=S. The number of hydrogen-bond donors (Lipinski definition) is 0. The van der Waals surface area contributed by atoms with Crippen molar-refractivity contribution in [2.45, 2.75) is 26.7 Å². The minimum absolute atomic E-state index is 0.00746. The Balaban J connectivity index is 3.75. The molecule has 10 nitrogen and oxygen atoms in total. The monoisotopic (exact) mass is 541 g/mol. The van der Waals surface area contributed by atoms with E-state index in [4.69, 9.17) is 62.3 Å². The quantitative estimate of drug-likeness (QED) is 0.126. The summed E-state index contributed by atoms with van der Waals surface area (Å²) >= 11 is 9.81. The molecule has 0 saturated carbocycles. The van der Waals surface area contributed by atoms with Crippen LogP contribution in [0.25, 0.3) is 0 Å². The molecule has 12 heteroatoms. The molecular weight excluding hydrogens is 498 g/mol. The van der Waals surface area contributed by atoms with Crippen molar-refractivity contribution in [2.24, 2.45) is 0 Å². The molecule has 0 radical (unpaired) electrons. The molecule has 0 N–H and O–H groups in total. The first-order valence-corrected chi connectivity index (χ1v) is 12.7. The normalized spacial score (nSPS) is 10.8. The standard InChI is InChI=1S/C23H43NO9S2/c1-21(34)32-8-4-6-24(7-5-9-33-22(2)35)23(25)20-31-19-18-30-17-16-29-15-14-28-13-12-27-11-10-26-3/h4-20H2,1-3H3. The summed E-state index contributed by atoms with van der Waals surface area (Å²) in [6.07, 6.45) is 1.37. The molecule has 0 atom stereocenters. The van der Waals surface area contributed by atoms with Crippen molar-refractivity contribution in [2.75, 3.05) is 106 Å². The fraction of sp³-hybridized carbons (Fsp3) is 0.870. The van der Waals surface area contributed by atoms with Gasteiger partial charge in [-0.2, -0.15) is 0 Å². The van der Waals surface area contributed by atoms with E-state index in [1.807, 2.05) is 0 Å². The van der Waals surface area contributed by atoms with E-state index in [2.05, 4.69) is 0 Å². The van der Waals surface area contributed by atoms with Gasteiger partial charge in [0.05, 0.1) is 79.3 Å². The van der Waals surface area contributed by atoms with Gasteiger partial charge in [-0.25, -0.2) is 0 Å². The molecule has 35 heavy (non-hydrogen) atoms. The summed E-state index contributed by atoms with van der Waals surface area (Å²) in [5.74, 6) is -0.0874. The number of amides is 1. The molecule has 0 heterocycles. The van der Waals surface area contributed by atoms with Gasteiger partial charge in [0, 0.05) is 34.0 Å². The maximum atomic E-state index is 12.5. The number of ether oxygens (including phenoxy) is 8. The van der Waals surface area contributed by atoms with E-state index in [9.17, 15) is 4.79 Å². The summed E-state index contributed by atoms with van der Waals surface area (Å²) in [7, 11) is 1.64. The van der Waals surface area contributed by atoms with Crippen molar-refractivity contribution < 1.29 is 42.7 Å². The lowest BCUT2D eigenvalue weighted by Crippen LogP contribution is -2.37. The van der Waals surface area contributed by atoms with Crippen LogP contribution in [-0.2, 0) is 42.7 Å². The van der Waals surface area contributed by atoms with Crippen LogP contribution in [0.1, 0.15) is 26.7 Å². The predicted molar refractivity (Wildman–Crippen MR) is 140 cm³/mol. The summed E-state index contributed by atoms with van der Waals surface area (Å²) in [6, 6.07) is 0. The topological polar surface area (TPSA) is 94.2 Å². The smallest absolute Gasteiger partial charge is 0.248 e. The average Bonchev–Trinajstić information content (AvgIpc) is 2.82. The van der Waals surface area contributed by atoms with E-state index >= 15 is 0 Å². The molecule has 0 rings (SSSR count). The molecule has 0 saturated heterocycles. The van der Waals surface area contributed by atoms with Crippen LogP contribution >= 0.6 is 24.4 Å². The van der Waals surface area contributed by atoms with Crippen molar-refractivity contribution in [3.05, 3.63) is 0 Å². The number of hydrogen-bond acceptors (Lipinski definition) is 11. The number of rotatable bonds is 25. The Morgan fingerprint density at radius 1 is 0.600 bits per heavy atom. The number of nitrogens with zero attached hydrogens (tertiary/aromatic N) is 1. The van der Waals surface area contributed by atoms with Gasteiger partial charge in [-0.05, 0) is 37.3 Å². The van der Waals surface area contributed by atoms with Crippen molar-refractivity contribution in [1.29, 1.82) is 0 Å². The molecule has 0 aliphatic rings. The maximum absolute atomic E-state index is 12.5. The molecule has 0 spiro atoms.